The van der Waals surface area contributed by atoms with Gasteiger partial charge in [-0.3, -0.25) is 0 Å². The molecule has 0 aliphatic heterocycles. The van der Waals surface area contributed by atoms with Crippen molar-refractivity contribution in [2.45, 2.75) is 26.7 Å². The molecule has 17 heavy (non-hydrogen) atoms. The molecule has 96 valence electrons. The highest BCUT2D eigenvalue weighted by atomic mass is 19.1. The van der Waals surface area contributed by atoms with Crippen molar-refractivity contribution in [3.05, 3.63) is 30.1 Å². The minimum Gasteiger partial charge on any atom is -0.371 e. The maximum atomic E-state index is 13.2. The third-order valence-electron chi connectivity index (χ3n) is 3.03. The summed E-state index contributed by atoms with van der Waals surface area (Å²) in [7, 11) is 0. The van der Waals surface area contributed by atoms with Gasteiger partial charge in [0.05, 0.1) is 0 Å². The minimum atomic E-state index is -0.176. The summed E-state index contributed by atoms with van der Waals surface area (Å²) >= 11 is 0. The van der Waals surface area contributed by atoms with E-state index in [-0.39, 0.29) is 5.82 Å². The van der Waals surface area contributed by atoms with Crippen LogP contribution in [0.3, 0.4) is 0 Å². The van der Waals surface area contributed by atoms with Crippen LogP contribution < -0.4 is 10.6 Å². The molecular formula is C14H23FN2. The smallest absolute Gasteiger partial charge is 0.125 e. The summed E-state index contributed by atoms with van der Waals surface area (Å²) in [6.07, 6.45) is 2.07. The third-order valence-corrected chi connectivity index (χ3v) is 3.03. The molecule has 0 radical (unpaired) electrons. The van der Waals surface area contributed by atoms with Gasteiger partial charge in [0.2, 0.25) is 0 Å². The minimum absolute atomic E-state index is 0.176. The lowest BCUT2D eigenvalue weighted by atomic mass is 10.1. The molecule has 0 bridgehead atoms. The number of nitrogens with two attached hydrogens (primary N) is 1. The summed E-state index contributed by atoms with van der Waals surface area (Å²) in [5, 5.41) is 0. The Morgan fingerprint density at radius 3 is 2.76 bits per heavy atom. The molecule has 0 fully saturated rings. The summed E-state index contributed by atoms with van der Waals surface area (Å²) in [6.45, 7) is 6.92. The second-order valence-corrected chi connectivity index (χ2v) is 4.58. The van der Waals surface area contributed by atoms with Crippen LogP contribution >= 0.6 is 0 Å². The lowest BCUT2D eigenvalue weighted by Gasteiger charge is -2.27. The van der Waals surface area contributed by atoms with Gasteiger partial charge in [-0.25, -0.2) is 4.39 Å². The zero-order chi connectivity index (χ0) is 12.7. The molecule has 0 saturated heterocycles. The van der Waals surface area contributed by atoms with E-state index in [9.17, 15) is 4.39 Å². The zero-order valence-electron chi connectivity index (χ0n) is 10.8. The number of anilines is 1. The van der Waals surface area contributed by atoms with Crippen LogP contribution in [0.4, 0.5) is 10.1 Å². The average Bonchev–Trinajstić information content (AvgIpc) is 2.34. The maximum Gasteiger partial charge on any atom is 0.125 e. The molecule has 2 nitrogen and oxygen atoms in total. The standard InChI is InChI=1S/C14H23FN2/c1-3-12(2)11-17(9-5-8-16)14-7-4-6-13(15)10-14/h4,6-7,10,12H,3,5,8-9,11,16H2,1-2H3. The van der Waals surface area contributed by atoms with Gasteiger partial charge < -0.3 is 10.6 Å². The highest BCUT2D eigenvalue weighted by Gasteiger charge is 2.10. The summed E-state index contributed by atoms with van der Waals surface area (Å²) in [5.41, 5.74) is 6.50. The lowest BCUT2D eigenvalue weighted by molar-refractivity contribution is 0.537. The Balaban J connectivity index is 2.74. The maximum absolute atomic E-state index is 13.2. The first kappa shape index (κ1) is 14.0. The molecule has 0 amide bonds. The molecule has 0 aromatic heterocycles. The lowest BCUT2D eigenvalue weighted by Crippen LogP contribution is -2.30. The fourth-order valence-electron chi connectivity index (χ4n) is 1.79. The van der Waals surface area contributed by atoms with Gasteiger partial charge in [0.25, 0.3) is 0 Å². The summed E-state index contributed by atoms with van der Waals surface area (Å²) < 4.78 is 13.2. The Morgan fingerprint density at radius 1 is 1.41 bits per heavy atom. The van der Waals surface area contributed by atoms with Crippen molar-refractivity contribution in [3.63, 3.8) is 0 Å². The van der Waals surface area contributed by atoms with Crippen molar-refractivity contribution in [3.8, 4) is 0 Å². The number of benzene rings is 1. The van der Waals surface area contributed by atoms with Gasteiger partial charge in [-0.1, -0.05) is 26.3 Å². The molecule has 1 aromatic rings. The molecule has 1 rings (SSSR count). The number of hydrogen-bond donors (Lipinski definition) is 1. The molecule has 0 saturated carbocycles. The second-order valence-electron chi connectivity index (χ2n) is 4.58. The van der Waals surface area contributed by atoms with Gasteiger partial charge in [0.15, 0.2) is 0 Å². The third kappa shape index (κ3) is 4.73. The Kier molecular flexibility index (Phi) is 5.98. The highest BCUT2D eigenvalue weighted by Crippen LogP contribution is 2.18. The van der Waals surface area contributed by atoms with Gasteiger partial charge in [-0.2, -0.15) is 0 Å². The molecule has 0 aliphatic rings. The van der Waals surface area contributed by atoms with Crippen LogP contribution in [0.5, 0.6) is 0 Å². The van der Waals surface area contributed by atoms with E-state index in [0.717, 1.165) is 31.6 Å². The van der Waals surface area contributed by atoms with E-state index in [1.54, 1.807) is 12.1 Å². The number of halogens is 1. The van der Waals surface area contributed by atoms with Crippen molar-refractivity contribution in [1.29, 1.82) is 0 Å². The van der Waals surface area contributed by atoms with E-state index in [4.69, 9.17) is 5.73 Å². The SMILES string of the molecule is CCC(C)CN(CCCN)c1cccc(F)c1. The number of hydrogen-bond acceptors (Lipinski definition) is 2. The largest absolute Gasteiger partial charge is 0.371 e. The number of nitrogens with zero attached hydrogens (tertiary/aromatic N) is 1. The van der Waals surface area contributed by atoms with Crippen LogP contribution in [0.1, 0.15) is 26.7 Å². The van der Waals surface area contributed by atoms with Crippen LogP contribution in [-0.2, 0) is 0 Å². The first-order valence-corrected chi connectivity index (χ1v) is 6.38. The molecule has 0 spiro atoms. The molecule has 1 atom stereocenters. The highest BCUT2D eigenvalue weighted by molar-refractivity contribution is 5.46. The Morgan fingerprint density at radius 2 is 2.18 bits per heavy atom. The van der Waals surface area contributed by atoms with Gasteiger partial charge in [0.1, 0.15) is 5.82 Å². The molecule has 1 unspecified atom stereocenters. The van der Waals surface area contributed by atoms with Gasteiger partial charge in [-0.05, 0) is 37.1 Å². The van der Waals surface area contributed by atoms with E-state index >= 15 is 0 Å². The Hall–Kier alpha value is -1.09. The normalized spacial score (nSPS) is 12.5. The quantitative estimate of drug-likeness (QED) is 0.791. The predicted octanol–water partition coefficient (Wildman–Crippen LogP) is 3.03. The van der Waals surface area contributed by atoms with Crippen LogP contribution in [0, 0.1) is 11.7 Å². The summed E-state index contributed by atoms with van der Waals surface area (Å²) in [4.78, 5) is 2.23. The molecule has 1 aromatic carbocycles. The fourth-order valence-corrected chi connectivity index (χ4v) is 1.79. The average molecular weight is 238 g/mol. The molecule has 0 heterocycles. The van der Waals surface area contributed by atoms with E-state index in [2.05, 4.69) is 18.7 Å². The Bertz CT molecular complexity index is 328. The van der Waals surface area contributed by atoms with E-state index < -0.39 is 0 Å². The first-order valence-electron chi connectivity index (χ1n) is 6.38. The molecule has 0 aliphatic carbocycles. The van der Waals surface area contributed by atoms with E-state index in [1.807, 2.05) is 6.07 Å². The van der Waals surface area contributed by atoms with Crippen LogP contribution in [0.15, 0.2) is 24.3 Å². The molecule has 3 heteroatoms. The van der Waals surface area contributed by atoms with Gasteiger partial charge in [-0.15, -0.1) is 0 Å². The summed E-state index contributed by atoms with van der Waals surface area (Å²) in [6, 6.07) is 6.80. The van der Waals surface area contributed by atoms with Crippen LogP contribution in [0.25, 0.3) is 0 Å². The van der Waals surface area contributed by atoms with Crippen molar-refractivity contribution in [2.75, 3.05) is 24.5 Å². The topological polar surface area (TPSA) is 29.3 Å². The second kappa shape index (κ2) is 7.28. The molecular weight excluding hydrogens is 215 g/mol. The van der Waals surface area contributed by atoms with Crippen LogP contribution in [0.2, 0.25) is 0 Å². The first-order chi connectivity index (χ1) is 8.17. The van der Waals surface area contributed by atoms with Gasteiger partial charge >= 0.3 is 0 Å². The van der Waals surface area contributed by atoms with E-state index in [1.165, 1.54) is 6.07 Å². The van der Waals surface area contributed by atoms with Crippen LogP contribution in [-0.4, -0.2) is 19.6 Å². The fraction of sp³-hybridized carbons (Fsp3) is 0.571. The van der Waals surface area contributed by atoms with Gasteiger partial charge in [0, 0.05) is 18.8 Å². The Labute approximate surface area is 104 Å². The van der Waals surface area contributed by atoms with Crippen molar-refractivity contribution in [1.82, 2.24) is 0 Å². The van der Waals surface area contributed by atoms with E-state index in [0.29, 0.717) is 12.5 Å². The zero-order valence-corrected chi connectivity index (χ0v) is 10.8. The van der Waals surface area contributed by atoms with Crippen molar-refractivity contribution in [2.24, 2.45) is 11.7 Å². The van der Waals surface area contributed by atoms with Crippen molar-refractivity contribution >= 4 is 5.69 Å². The number of rotatable bonds is 7. The van der Waals surface area contributed by atoms with Crippen molar-refractivity contribution < 1.29 is 4.39 Å². The summed E-state index contributed by atoms with van der Waals surface area (Å²) in [5.74, 6) is 0.431. The monoisotopic (exact) mass is 238 g/mol. The predicted molar refractivity (Wildman–Crippen MR) is 71.7 cm³/mol. The molecule has 2 N–H and O–H groups in total.